The van der Waals surface area contributed by atoms with Crippen LogP contribution in [0.3, 0.4) is 0 Å². The highest BCUT2D eigenvalue weighted by atomic mass is 32.2. The van der Waals surface area contributed by atoms with Crippen molar-refractivity contribution in [2.45, 2.75) is 88.4 Å². The number of aldehydes is 1. The molecule has 4 rings (SSSR count). The first kappa shape index (κ1) is 28.8. The fourth-order valence-corrected chi connectivity index (χ4v) is 7.93. The van der Waals surface area contributed by atoms with Crippen molar-refractivity contribution in [3.8, 4) is 0 Å². The van der Waals surface area contributed by atoms with Gasteiger partial charge in [-0.15, -0.1) is 0 Å². The first-order chi connectivity index (χ1) is 16.9. The summed E-state index contributed by atoms with van der Waals surface area (Å²) in [6.45, 7) is 5.58. The Bertz CT molecular complexity index is 996. The molecule has 36 heavy (non-hydrogen) atoms. The molecule has 3 aliphatic carbocycles. The maximum atomic E-state index is 13.6. The molecule has 2 bridgehead atoms. The van der Waals surface area contributed by atoms with Crippen molar-refractivity contribution in [2.75, 3.05) is 7.05 Å². The molecule has 1 aromatic rings. The van der Waals surface area contributed by atoms with Crippen LogP contribution in [-0.4, -0.2) is 35.0 Å². The van der Waals surface area contributed by atoms with Crippen LogP contribution in [0.15, 0.2) is 23.1 Å². The Morgan fingerprint density at radius 1 is 1.19 bits per heavy atom. The van der Waals surface area contributed by atoms with Crippen LogP contribution in [0.2, 0.25) is 0 Å². The quantitative estimate of drug-likeness (QED) is 0.479. The summed E-state index contributed by atoms with van der Waals surface area (Å²) in [5, 5.41) is 3.17. The maximum absolute atomic E-state index is 13.6. The van der Waals surface area contributed by atoms with Gasteiger partial charge in [-0.1, -0.05) is 26.0 Å². The zero-order valence-electron chi connectivity index (χ0n) is 21.4. The molecule has 4 N–H and O–H groups in total. The Morgan fingerprint density at radius 3 is 2.42 bits per heavy atom. The van der Waals surface area contributed by atoms with Gasteiger partial charge in [-0.3, -0.25) is 4.79 Å². The normalized spacial score (nSPS) is 31.8. The molecule has 202 valence electrons. The van der Waals surface area contributed by atoms with Crippen LogP contribution in [-0.2, 0) is 26.8 Å². The smallest absolute Gasteiger partial charge is 0.351 e. The predicted molar refractivity (Wildman–Crippen MR) is 133 cm³/mol. The van der Waals surface area contributed by atoms with Gasteiger partial charge < -0.3 is 15.8 Å². The van der Waals surface area contributed by atoms with Crippen molar-refractivity contribution in [3.05, 3.63) is 29.3 Å². The molecule has 6 atom stereocenters. The molecule has 10 heteroatoms. The molecule has 1 amide bonds. The number of hydrogen-bond acceptors (Lipinski definition) is 4. The van der Waals surface area contributed by atoms with Crippen LogP contribution in [0.1, 0.15) is 69.9 Å². The van der Waals surface area contributed by atoms with Crippen LogP contribution in [0.4, 0.5) is 13.2 Å². The van der Waals surface area contributed by atoms with Crippen molar-refractivity contribution in [2.24, 2.45) is 28.9 Å². The number of nitrogens with two attached hydrogens (primary N) is 1. The average molecular weight is 530 g/mol. The van der Waals surface area contributed by atoms with Gasteiger partial charge >= 0.3 is 6.18 Å². The van der Waals surface area contributed by atoms with E-state index in [-0.39, 0.29) is 39.7 Å². The SMILES string of the molecule is CN.Cc1cccc(C(F)(F)F)c1S(=O)NC1(C(=O)NC2C(C)CC3CC2CC(C)(C=O)C3)CCC1. The van der Waals surface area contributed by atoms with Crippen molar-refractivity contribution in [1.29, 1.82) is 0 Å². The second-order valence-corrected chi connectivity index (χ2v) is 12.2. The zero-order valence-corrected chi connectivity index (χ0v) is 22.2. The van der Waals surface area contributed by atoms with Crippen molar-refractivity contribution in [1.82, 2.24) is 10.0 Å². The number of benzene rings is 1. The predicted octanol–water partition coefficient (Wildman–Crippen LogP) is 4.27. The first-order valence-corrected chi connectivity index (χ1v) is 13.7. The summed E-state index contributed by atoms with van der Waals surface area (Å²) in [7, 11) is -0.703. The zero-order chi connectivity index (χ0) is 26.9. The highest BCUT2D eigenvalue weighted by Gasteiger charge is 2.50. The van der Waals surface area contributed by atoms with Gasteiger partial charge in [0, 0.05) is 11.5 Å². The number of aryl methyl sites for hydroxylation is 1. The highest BCUT2D eigenvalue weighted by molar-refractivity contribution is 7.83. The van der Waals surface area contributed by atoms with Gasteiger partial charge in [-0.05, 0) is 88.3 Å². The van der Waals surface area contributed by atoms with Crippen molar-refractivity contribution < 1.29 is 27.0 Å². The molecule has 0 saturated heterocycles. The summed E-state index contributed by atoms with van der Waals surface area (Å²) in [5.41, 5.74) is 2.27. The van der Waals surface area contributed by atoms with E-state index >= 15 is 0 Å². The molecule has 0 spiro atoms. The average Bonchev–Trinajstić information content (AvgIpc) is 2.78. The largest absolute Gasteiger partial charge is 0.417 e. The first-order valence-electron chi connectivity index (χ1n) is 12.6. The third-order valence-electron chi connectivity index (χ3n) is 8.16. The molecule has 1 aromatic carbocycles. The maximum Gasteiger partial charge on any atom is 0.417 e. The van der Waals surface area contributed by atoms with Crippen LogP contribution >= 0.6 is 0 Å². The number of hydrogen-bond donors (Lipinski definition) is 3. The number of halogens is 3. The molecule has 0 radical (unpaired) electrons. The molecule has 6 unspecified atom stereocenters. The third kappa shape index (κ3) is 5.70. The van der Waals surface area contributed by atoms with E-state index in [4.69, 9.17) is 0 Å². The molecule has 0 aliphatic heterocycles. The monoisotopic (exact) mass is 529 g/mol. The Kier molecular flexibility index (Phi) is 8.72. The molecule has 3 saturated carbocycles. The Hall–Kier alpha value is -1.78. The number of fused-ring (bicyclic) bond motifs is 2. The second kappa shape index (κ2) is 10.9. The molecule has 6 nitrogen and oxygen atoms in total. The van der Waals surface area contributed by atoms with Gasteiger partial charge in [-0.25, -0.2) is 8.93 Å². The minimum absolute atomic E-state index is 0.111. The van der Waals surface area contributed by atoms with Gasteiger partial charge in [0.05, 0.1) is 10.5 Å². The Morgan fingerprint density at radius 2 is 1.86 bits per heavy atom. The molecule has 0 aromatic heterocycles. The minimum atomic E-state index is -4.64. The molecule has 3 aliphatic rings. The minimum Gasteiger partial charge on any atom is -0.351 e. The number of nitrogens with one attached hydrogen (secondary N) is 2. The van der Waals surface area contributed by atoms with E-state index in [1.54, 1.807) is 0 Å². The van der Waals surface area contributed by atoms with E-state index in [9.17, 15) is 27.0 Å². The van der Waals surface area contributed by atoms with Gasteiger partial charge in [0.25, 0.3) is 0 Å². The fraction of sp³-hybridized carbons (Fsp3) is 0.692. The van der Waals surface area contributed by atoms with E-state index in [1.807, 2.05) is 6.92 Å². The summed E-state index contributed by atoms with van der Waals surface area (Å²) in [5.74, 6) is 0.572. The van der Waals surface area contributed by atoms with E-state index in [0.29, 0.717) is 25.2 Å². The van der Waals surface area contributed by atoms with Crippen LogP contribution in [0, 0.1) is 30.1 Å². The summed E-state index contributed by atoms with van der Waals surface area (Å²) < 4.78 is 56.7. The van der Waals surface area contributed by atoms with Crippen LogP contribution in [0.25, 0.3) is 0 Å². The number of alkyl halides is 3. The van der Waals surface area contributed by atoms with Crippen molar-refractivity contribution >= 4 is 23.2 Å². The van der Waals surface area contributed by atoms with Gasteiger partial charge in [0.15, 0.2) is 0 Å². The Balaban J connectivity index is 0.00000176. The fourth-order valence-electron chi connectivity index (χ4n) is 6.43. The number of carbonyl (C=O) groups is 2. The van der Waals surface area contributed by atoms with E-state index in [2.05, 4.69) is 22.7 Å². The Labute approximate surface area is 213 Å². The molecular weight excluding hydrogens is 491 g/mol. The highest BCUT2D eigenvalue weighted by Crippen LogP contribution is 2.49. The summed E-state index contributed by atoms with van der Waals surface area (Å²) in [4.78, 5) is 24.9. The number of carbonyl (C=O) groups excluding carboxylic acids is 2. The summed E-state index contributed by atoms with van der Waals surface area (Å²) >= 11 is 0. The van der Waals surface area contributed by atoms with Gasteiger partial charge in [0.2, 0.25) is 5.91 Å². The standard InChI is InChI=1S/C25H33F3N2O3S.CH5N/c1-15-6-4-7-19(25(26,27)28)21(15)34(33)30-24(8-5-9-24)22(32)29-20-16(2)10-17-11-18(20)13-23(3,12-17)14-31;1-2/h4,6-7,14,16-18,20,30H,5,8-13H2,1-3H3,(H,29,32);2H2,1H3. The second-order valence-electron chi connectivity index (χ2n) is 11.0. The lowest BCUT2D eigenvalue weighted by atomic mass is 9.58. The van der Waals surface area contributed by atoms with E-state index in [1.165, 1.54) is 26.1 Å². The summed E-state index contributed by atoms with van der Waals surface area (Å²) in [6, 6.07) is 3.59. The lowest BCUT2D eigenvalue weighted by molar-refractivity contribution is -0.139. The van der Waals surface area contributed by atoms with E-state index < -0.39 is 28.3 Å². The van der Waals surface area contributed by atoms with Crippen molar-refractivity contribution in [3.63, 3.8) is 0 Å². The lowest BCUT2D eigenvalue weighted by Gasteiger charge is -2.50. The van der Waals surface area contributed by atoms with Gasteiger partial charge in [0.1, 0.15) is 22.8 Å². The van der Waals surface area contributed by atoms with Crippen LogP contribution in [0.5, 0.6) is 0 Å². The topological polar surface area (TPSA) is 101 Å². The number of amides is 1. The van der Waals surface area contributed by atoms with E-state index in [0.717, 1.165) is 38.0 Å². The lowest BCUT2D eigenvalue weighted by Crippen LogP contribution is -2.65. The molecule has 0 heterocycles. The number of rotatable bonds is 6. The van der Waals surface area contributed by atoms with Crippen LogP contribution < -0.4 is 15.8 Å². The molecule has 3 fully saturated rings. The summed E-state index contributed by atoms with van der Waals surface area (Å²) in [6.07, 6.45) is 1.43. The van der Waals surface area contributed by atoms with Gasteiger partial charge in [-0.2, -0.15) is 13.2 Å². The third-order valence-corrected chi connectivity index (χ3v) is 9.65. The molecular formula is C26H38F3N3O3S.